The van der Waals surface area contributed by atoms with Crippen molar-refractivity contribution in [3.05, 3.63) is 150 Å². The lowest BCUT2D eigenvalue weighted by Gasteiger charge is -2.20. The molecule has 0 saturated heterocycles. The Bertz CT molecular complexity index is 2030. The second-order valence-electron chi connectivity index (χ2n) is 10.9. The van der Waals surface area contributed by atoms with Crippen LogP contribution in [0.25, 0.3) is 32.7 Å². The third kappa shape index (κ3) is 6.49. The minimum absolute atomic E-state index is 0.241. The third-order valence-electron chi connectivity index (χ3n) is 8.00. The van der Waals surface area contributed by atoms with Gasteiger partial charge in [-0.05, 0) is 63.7 Å². The Hall–Kier alpha value is -5.82. The van der Waals surface area contributed by atoms with Gasteiger partial charge in [0.25, 0.3) is 5.91 Å². The maximum Gasteiger partial charge on any atom is 0.347 e. The van der Waals surface area contributed by atoms with E-state index in [2.05, 4.69) is 10.3 Å². The fraction of sp³-hybridized carbons (Fsp3) is 0.128. The Morgan fingerprint density at radius 1 is 0.696 bits per heavy atom. The van der Waals surface area contributed by atoms with Crippen molar-refractivity contribution in [2.24, 2.45) is 0 Å². The van der Waals surface area contributed by atoms with E-state index in [1.807, 2.05) is 103 Å². The Morgan fingerprint density at radius 3 is 1.96 bits per heavy atom. The van der Waals surface area contributed by atoms with E-state index in [0.717, 1.165) is 32.7 Å². The molecule has 6 rings (SSSR count). The molecule has 6 aromatic rings. The number of benzene rings is 5. The molecule has 1 amide bonds. The zero-order valence-corrected chi connectivity index (χ0v) is 25.3. The number of amides is 1. The number of rotatable bonds is 10. The number of hydrogen-bond acceptors (Lipinski definition) is 6. The van der Waals surface area contributed by atoms with Crippen molar-refractivity contribution in [3.63, 3.8) is 0 Å². The fourth-order valence-corrected chi connectivity index (χ4v) is 5.71. The van der Waals surface area contributed by atoms with Crippen LogP contribution in [0.1, 0.15) is 38.3 Å². The number of methoxy groups -OCH3 is 1. The highest BCUT2D eigenvalue weighted by Crippen LogP contribution is 2.39. The number of aromatic nitrogens is 1. The fourth-order valence-electron chi connectivity index (χ4n) is 5.71. The van der Waals surface area contributed by atoms with Crippen LogP contribution in [-0.2, 0) is 27.2 Å². The van der Waals surface area contributed by atoms with Gasteiger partial charge in [-0.25, -0.2) is 9.59 Å². The topological polar surface area (TPSA) is 94.6 Å². The number of fused-ring (bicyclic) bond motifs is 2. The summed E-state index contributed by atoms with van der Waals surface area (Å²) >= 11 is 0. The molecule has 7 nitrogen and oxygen atoms in total. The van der Waals surface area contributed by atoms with Gasteiger partial charge in [0.1, 0.15) is 0 Å². The van der Waals surface area contributed by atoms with Crippen molar-refractivity contribution < 1.29 is 23.9 Å². The second kappa shape index (κ2) is 13.9. The van der Waals surface area contributed by atoms with Crippen LogP contribution in [0, 0.1) is 0 Å². The van der Waals surface area contributed by atoms with Crippen LogP contribution in [0.2, 0.25) is 0 Å². The van der Waals surface area contributed by atoms with Gasteiger partial charge in [0.2, 0.25) is 0 Å². The molecular weight excluding hydrogens is 576 g/mol. The first-order valence-electron chi connectivity index (χ1n) is 15.1. The minimum Gasteiger partial charge on any atom is -0.466 e. The van der Waals surface area contributed by atoms with Crippen LogP contribution in [0.5, 0.6) is 0 Å². The lowest BCUT2D eigenvalue weighted by atomic mass is 9.86. The van der Waals surface area contributed by atoms with E-state index in [4.69, 9.17) is 9.47 Å². The Balaban J connectivity index is 1.45. The molecule has 1 unspecified atom stereocenters. The first kappa shape index (κ1) is 30.2. The average Bonchev–Trinajstić information content (AvgIpc) is 3.11. The van der Waals surface area contributed by atoms with Gasteiger partial charge >= 0.3 is 11.9 Å². The summed E-state index contributed by atoms with van der Waals surface area (Å²) in [5, 5.41) is 6.38. The van der Waals surface area contributed by atoms with Crippen molar-refractivity contribution in [3.8, 4) is 11.1 Å². The van der Waals surface area contributed by atoms with Gasteiger partial charge in [-0.3, -0.25) is 9.78 Å². The van der Waals surface area contributed by atoms with E-state index >= 15 is 0 Å². The molecule has 1 aromatic heterocycles. The quantitative estimate of drug-likeness (QED) is 0.164. The summed E-state index contributed by atoms with van der Waals surface area (Å²) in [7, 11) is 1.28. The number of esters is 2. The standard InChI is InChI=1S/C39H32N2O5/c1-45-39(44)34(22-17-26-10-3-2-4-11-26)46-38(43)33-21-19-29-14-6-8-16-31(29)36(33)35-30-15-7-5-13-28(30)18-20-32(35)37(42)41-25-27-12-9-23-40-24-27/h2-16,18-21,23-24,34H,17,22,25H2,1H3,(H,41,42). The number of pyridine rings is 1. The molecule has 1 N–H and O–H groups in total. The SMILES string of the molecule is COC(=O)C(CCc1ccccc1)OC(=O)c1ccc2ccccc2c1-c1c(C(=O)NCc2cccnc2)ccc2ccccc12. The number of nitrogens with zero attached hydrogens (tertiary/aromatic N) is 1. The highest BCUT2D eigenvalue weighted by Gasteiger charge is 2.28. The molecule has 5 aromatic carbocycles. The summed E-state index contributed by atoms with van der Waals surface area (Å²) in [4.78, 5) is 45.0. The highest BCUT2D eigenvalue weighted by molar-refractivity contribution is 6.18. The Kier molecular flexibility index (Phi) is 9.11. The van der Waals surface area contributed by atoms with Gasteiger partial charge in [-0.1, -0.05) is 97.1 Å². The molecule has 7 heteroatoms. The number of ether oxygens (including phenoxy) is 2. The first-order valence-corrected chi connectivity index (χ1v) is 15.1. The molecule has 0 spiro atoms. The Labute approximate surface area is 266 Å². The largest absolute Gasteiger partial charge is 0.466 e. The van der Waals surface area contributed by atoms with Crippen molar-refractivity contribution in [2.45, 2.75) is 25.5 Å². The maximum absolute atomic E-state index is 14.1. The predicted molar refractivity (Wildman–Crippen MR) is 178 cm³/mol. The number of hydrogen-bond donors (Lipinski definition) is 1. The highest BCUT2D eigenvalue weighted by atomic mass is 16.6. The van der Waals surface area contributed by atoms with Gasteiger partial charge in [-0.15, -0.1) is 0 Å². The normalized spacial score (nSPS) is 11.6. The molecule has 1 atom stereocenters. The summed E-state index contributed by atoms with van der Waals surface area (Å²) in [5.74, 6) is -1.61. The molecule has 228 valence electrons. The van der Waals surface area contributed by atoms with Crippen molar-refractivity contribution in [2.75, 3.05) is 7.11 Å². The lowest BCUT2D eigenvalue weighted by Crippen LogP contribution is -2.29. The molecule has 1 heterocycles. The molecule has 0 bridgehead atoms. The molecule has 0 fully saturated rings. The van der Waals surface area contributed by atoms with Gasteiger partial charge in [0.05, 0.1) is 12.7 Å². The maximum atomic E-state index is 14.1. The van der Waals surface area contributed by atoms with Crippen LogP contribution in [0.4, 0.5) is 0 Å². The molecule has 0 aliphatic carbocycles. The molecule has 0 radical (unpaired) electrons. The van der Waals surface area contributed by atoms with Gasteiger partial charge in [0.15, 0.2) is 6.10 Å². The van der Waals surface area contributed by atoms with Crippen molar-refractivity contribution in [1.29, 1.82) is 0 Å². The second-order valence-corrected chi connectivity index (χ2v) is 10.9. The molecular formula is C39H32N2O5. The monoisotopic (exact) mass is 608 g/mol. The van der Waals surface area contributed by atoms with Crippen LogP contribution in [-0.4, -0.2) is 36.0 Å². The number of aryl methyl sites for hydroxylation is 1. The number of carbonyl (C=O) groups is 3. The third-order valence-corrected chi connectivity index (χ3v) is 8.00. The van der Waals surface area contributed by atoms with Gasteiger partial charge in [0, 0.05) is 35.6 Å². The summed E-state index contributed by atoms with van der Waals surface area (Å²) in [6.07, 6.45) is 3.03. The average molecular weight is 609 g/mol. The summed E-state index contributed by atoms with van der Waals surface area (Å²) in [5.41, 5.74) is 3.67. The molecule has 0 saturated carbocycles. The number of nitrogens with one attached hydrogen (secondary N) is 1. The van der Waals surface area contributed by atoms with E-state index in [0.29, 0.717) is 23.1 Å². The molecule has 0 aliphatic rings. The van der Waals surface area contributed by atoms with E-state index in [9.17, 15) is 14.4 Å². The number of carbonyl (C=O) groups excluding carboxylic acids is 3. The minimum atomic E-state index is -1.12. The van der Waals surface area contributed by atoms with E-state index in [-0.39, 0.29) is 24.4 Å². The summed E-state index contributed by atoms with van der Waals surface area (Å²) in [6, 6.07) is 36.1. The smallest absolute Gasteiger partial charge is 0.347 e. The van der Waals surface area contributed by atoms with Crippen LogP contribution < -0.4 is 5.32 Å². The van der Waals surface area contributed by atoms with E-state index in [1.165, 1.54) is 7.11 Å². The van der Waals surface area contributed by atoms with E-state index < -0.39 is 18.0 Å². The zero-order chi connectivity index (χ0) is 31.9. The van der Waals surface area contributed by atoms with Gasteiger partial charge < -0.3 is 14.8 Å². The van der Waals surface area contributed by atoms with Crippen LogP contribution >= 0.6 is 0 Å². The van der Waals surface area contributed by atoms with E-state index in [1.54, 1.807) is 24.5 Å². The summed E-state index contributed by atoms with van der Waals surface area (Å²) in [6.45, 7) is 0.283. The summed E-state index contributed by atoms with van der Waals surface area (Å²) < 4.78 is 10.9. The predicted octanol–water partition coefficient (Wildman–Crippen LogP) is 7.32. The van der Waals surface area contributed by atoms with Crippen molar-refractivity contribution in [1.82, 2.24) is 10.3 Å². The van der Waals surface area contributed by atoms with Crippen LogP contribution in [0.15, 0.2) is 128 Å². The Morgan fingerprint density at radius 2 is 1.30 bits per heavy atom. The molecule has 0 aliphatic heterocycles. The first-order chi connectivity index (χ1) is 22.5. The zero-order valence-electron chi connectivity index (χ0n) is 25.3. The lowest BCUT2D eigenvalue weighted by molar-refractivity contribution is -0.151. The van der Waals surface area contributed by atoms with Crippen LogP contribution in [0.3, 0.4) is 0 Å². The van der Waals surface area contributed by atoms with Crippen molar-refractivity contribution >= 4 is 39.4 Å². The molecule has 46 heavy (non-hydrogen) atoms. The van der Waals surface area contributed by atoms with Gasteiger partial charge in [-0.2, -0.15) is 0 Å².